The van der Waals surface area contributed by atoms with Crippen LogP contribution < -0.4 is 5.43 Å². The van der Waals surface area contributed by atoms with Gasteiger partial charge in [0.05, 0.1) is 6.21 Å². The van der Waals surface area contributed by atoms with E-state index in [0.717, 1.165) is 0 Å². The summed E-state index contributed by atoms with van der Waals surface area (Å²) in [6, 6.07) is 0.401. The van der Waals surface area contributed by atoms with E-state index >= 15 is 0 Å². The van der Waals surface area contributed by atoms with E-state index in [-0.39, 0.29) is 5.56 Å². The second-order valence-electron chi connectivity index (χ2n) is 3.54. The van der Waals surface area contributed by atoms with Crippen molar-refractivity contribution in [1.29, 1.82) is 0 Å². The van der Waals surface area contributed by atoms with Gasteiger partial charge in [-0.05, 0) is 6.07 Å². The molecule has 112 valence electrons. The van der Waals surface area contributed by atoms with Crippen molar-refractivity contribution in [2.24, 2.45) is 5.10 Å². The molecule has 0 saturated heterocycles. The monoisotopic (exact) mass is 366 g/mol. The standard InChI is InChI=1S/C10H6BrF7N2/c11-7-4-2-1-3-6(7)5-19-20-10(17,18)8(12,13)9(14,15)16/h1-5,20H/b19-5+. The van der Waals surface area contributed by atoms with Gasteiger partial charge in [-0.25, -0.2) is 5.43 Å². The van der Waals surface area contributed by atoms with Gasteiger partial charge >= 0.3 is 18.1 Å². The van der Waals surface area contributed by atoms with Crippen molar-refractivity contribution in [3.8, 4) is 0 Å². The van der Waals surface area contributed by atoms with E-state index in [1.165, 1.54) is 18.2 Å². The number of hydrogen-bond acceptors (Lipinski definition) is 2. The highest BCUT2D eigenvalue weighted by molar-refractivity contribution is 9.10. The van der Waals surface area contributed by atoms with Crippen LogP contribution in [0.2, 0.25) is 0 Å². The van der Waals surface area contributed by atoms with Crippen LogP contribution in [0.15, 0.2) is 33.8 Å². The van der Waals surface area contributed by atoms with Gasteiger partial charge < -0.3 is 0 Å². The molecule has 0 unspecified atom stereocenters. The lowest BCUT2D eigenvalue weighted by molar-refractivity contribution is -0.361. The van der Waals surface area contributed by atoms with E-state index in [0.29, 0.717) is 16.1 Å². The van der Waals surface area contributed by atoms with Gasteiger partial charge in [0, 0.05) is 10.0 Å². The molecule has 0 atom stereocenters. The predicted molar refractivity (Wildman–Crippen MR) is 60.8 cm³/mol. The third-order valence-corrected chi connectivity index (χ3v) is 2.79. The van der Waals surface area contributed by atoms with Crippen molar-refractivity contribution in [2.75, 3.05) is 0 Å². The van der Waals surface area contributed by atoms with Gasteiger partial charge in [0.1, 0.15) is 0 Å². The van der Waals surface area contributed by atoms with Crippen LogP contribution in [0.25, 0.3) is 0 Å². The maximum Gasteiger partial charge on any atom is 0.462 e. The molecule has 1 aromatic rings. The number of halogens is 8. The van der Waals surface area contributed by atoms with Crippen molar-refractivity contribution in [3.63, 3.8) is 0 Å². The third-order valence-electron chi connectivity index (χ3n) is 2.06. The van der Waals surface area contributed by atoms with Crippen LogP contribution in [0.5, 0.6) is 0 Å². The number of hydrogen-bond donors (Lipinski definition) is 1. The topological polar surface area (TPSA) is 24.4 Å². The molecule has 0 aromatic heterocycles. The highest BCUT2D eigenvalue weighted by Crippen LogP contribution is 2.44. The number of nitrogens with zero attached hydrogens (tertiary/aromatic N) is 1. The summed E-state index contributed by atoms with van der Waals surface area (Å²) < 4.78 is 86.4. The Morgan fingerprint density at radius 2 is 1.55 bits per heavy atom. The van der Waals surface area contributed by atoms with Crippen LogP contribution in [0.4, 0.5) is 30.7 Å². The fourth-order valence-corrected chi connectivity index (χ4v) is 1.40. The summed E-state index contributed by atoms with van der Waals surface area (Å²) in [5.41, 5.74) is 0.741. The average Bonchev–Trinajstić information content (AvgIpc) is 2.29. The molecule has 0 aliphatic rings. The number of rotatable bonds is 4. The third kappa shape index (κ3) is 3.41. The Balaban J connectivity index is 2.86. The fraction of sp³-hybridized carbons (Fsp3) is 0.300. The maximum atomic E-state index is 12.8. The van der Waals surface area contributed by atoms with Crippen molar-refractivity contribution >= 4 is 22.1 Å². The Labute approximate surface area is 116 Å². The van der Waals surface area contributed by atoms with Crippen molar-refractivity contribution in [3.05, 3.63) is 34.3 Å². The minimum Gasteiger partial charge on any atom is -0.242 e. The minimum absolute atomic E-state index is 0.214. The van der Waals surface area contributed by atoms with Crippen LogP contribution in [-0.4, -0.2) is 24.4 Å². The Bertz CT molecular complexity index is 499. The molecule has 10 heteroatoms. The first-order chi connectivity index (χ1) is 8.99. The fourth-order valence-electron chi connectivity index (χ4n) is 1.01. The molecular weight excluding hydrogens is 361 g/mol. The molecule has 1 rings (SSSR count). The minimum atomic E-state index is -6.40. The lowest BCUT2D eigenvalue weighted by atomic mass is 10.2. The average molecular weight is 367 g/mol. The smallest absolute Gasteiger partial charge is 0.242 e. The molecule has 0 bridgehead atoms. The van der Waals surface area contributed by atoms with Crippen LogP contribution in [0.1, 0.15) is 5.56 Å². The molecular formula is C10H6BrF7N2. The van der Waals surface area contributed by atoms with Crippen LogP contribution in [0, 0.1) is 0 Å². The van der Waals surface area contributed by atoms with Gasteiger partial charge in [-0.3, -0.25) is 0 Å². The molecule has 0 radical (unpaired) electrons. The number of benzene rings is 1. The molecule has 0 fully saturated rings. The van der Waals surface area contributed by atoms with E-state index < -0.39 is 18.1 Å². The Kier molecular flexibility index (Phi) is 4.67. The summed E-state index contributed by atoms with van der Waals surface area (Å²) >= 11 is 3.01. The summed E-state index contributed by atoms with van der Waals surface area (Å²) in [7, 11) is 0. The van der Waals surface area contributed by atoms with E-state index in [1.807, 2.05) is 0 Å². The second kappa shape index (κ2) is 5.58. The zero-order valence-corrected chi connectivity index (χ0v) is 10.9. The molecule has 0 saturated carbocycles. The first-order valence-corrected chi connectivity index (χ1v) is 5.65. The Morgan fingerprint density at radius 1 is 1.00 bits per heavy atom. The van der Waals surface area contributed by atoms with Gasteiger partial charge in [-0.1, -0.05) is 34.1 Å². The number of hydrazone groups is 1. The van der Waals surface area contributed by atoms with Crippen molar-refractivity contribution in [1.82, 2.24) is 5.43 Å². The molecule has 1 aromatic carbocycles. The quantitative estimate of drug-likeness (QED) is 0.368. The first kappa shape index (κ1) is 16.7. The normalized spacial score (nSPS) is 13.8. The molecule has 1 N–H and O–H groups in total. The maximum absolute atomic E-state index is 12.8. The van der Waals surface area contributed by atoms with Gasteiger partial charge in [0.25, 0.3) is 0 Å². The van der Waals surface area contributed by atoms with E-state index in [9.17, 15) is 30.7 Å². The summed E-state index contributed by atoms with van der Waals surface area (Å²) in [6.45, 7) is 0. The van der Waals surface area contributed by atoms with Crippen LogP contribution in [0.3, 0.4) is 0 Å². The summed E-state index contributed by atoms with van der Waals surface area (Å²) in [6.07, 6.45) is -5.71. The van der Waals surface area contributed by atoms with E-state index in [1.54, 1.807) is 6.07 Å². The zero-order chi connectivity index (χ0) is 15.6. The predicted octanol–water partition coefficient (Wildman–Crippen LogP) is 4.16. The number of alkyl halides is 7. The summed E-state index contributed by atoms with van der Waals surface area (Å²) in [5, 5.41) is 2.72. The molecule has 0 amide bonds. The van der Waals surface area contributed by atoms with Crippen LogP contribution >= 0.6 is 15.9 Å². The Morgan fingerprint density at radius 3 is 2.05 bits per heavy atom. The van der Waals surface area contributed by atoms with Gasteiger partial charge in [-0.2, -0.15) is 35.8 Å². The molecule has 0 heterocycles. The summed E-state index contributed by atoms with van der Waals surface area (Å²) in [4.78, 5) is 0. The summed E-state index contributed by atoms with van der Waals surface area (Å²) in [5.74, 6) is -6.24. The van der Waals surface area contributed by atoms with Crippen molar-refractivity contribution < 1.29 is 30.7 Å². The first-order valence-electron chi connectivity index (χ1n) is 4.86. The molecule has 20 heavy (non-hydrogen) atoms. The second-order valence-corrected chi connectivity index (χ2v) is 4.39. The van der Waals surface area contributed by atoms with Crippen molar-refractivity contribution in [2.45, 2.75) is 18.1 Å². The van der Waals surface area contributed by atoms with Gasteiger partial charge in [0.2, 0.25) is 0 Å². The lowest BCUT2D eigenvalue weighted by Gasteiger charge is -2.27. The molecule has 0 spiro atoms. The number of nitrogens with one attached hydrogen (secondary N) is 1. The lowest BCUT2D eigenvalue weighted by Crippen LogP contribution is -2.58. The van der Waals surface area contributed by atoms with Gasteiger partial charge in [-0.15, -0.1) is 0 Å². The molecule has 0 aliphatic carbocycles. The molecule has 2 nitrogen and oxygen atoms in total. The SMILES string of the molecule is FC(F)(F)C(F)(F)C(F)(F)N/N=C/c1ccccc1Br. The van der Waals surface area contributed by atoms with E-state index in [4.69, 9.17) is 0 Å². The Hall–Kier alpha value is -1.32. The van der Waals surface area contributed by atoms with Crippen LogP contribution in [-0.2, 0) is 0 Å². The largest absolute Gasteiger partial charge is 0.462 e. The highest BCUT2D eigenvalue weighted by Gasteiger charge is 2.73. The van der Waals surface area contributed by atoms with E-state index in [2.05, 4.69) is 21.0 Å². The van der Waals surface area contributed by atoms with Gasteiger partial charge in [0.15, 0.2) is 0 Å². The molecule has 0 aliphatic heterocycles. The zero-order valence-electron chi connectivity index (χ0n) is 9.36. The highest BCUT2D eigenvalue weighted by atomic mass is 79.9.